The molecule has 1 fully saturated rings. The van der Waals surface area contributed by atoms with Crippen molar-refractivity contribution in [3.8, 4) is 6.07 Å². The molecule has 27 heavy (non-hydrogen) atoms. The van der Waals surface area contributed by atoms with Gasteiger partial charge in [0.15, 0.2) is 0 Å². The quantitative estimate of drug-likeness (QED) is 0.681. The molecule has 134 valence electrons. The van der Waals surface area contributed by atoms with E-state index in [1.54, 1.807) is 16.5 Å². The molecule has 3 aromatic rings. The van der Waals surface area contributed by atoms with Gasteiger partial charge in [0.1, 0.15) is 23.2 Å². The first kappa shape index (κ1) is 17.0. The summed E-state index contributed by atoms with van der Waals surface area (Å²) in [5.41, 5.74) is 4.68. The summed E-state index contributed by atoms with van der Waals surface area (Å²) in [4.78, 5) is 4.23. The lowest BCUT2D eigenvalue weighted by Crippen LogP contribution is -2.16. The van der Waals surface area contributed by atoms with Crippen LogP contribution < -0.4 is 5.32 Å². The van der Waals surface area contributed by atoms with Gasteiger partial charge in [0.2, 0.25) is 0 Å². The van der Waals surface area contributed by atoms with E-state index in [-0.39, 0.29) is 5.82 Å². The van der Waals surface area contributed by atoms with Gasteiger partial charge in [0, 0.05) is 35.6 Å². The summed E-state index contributed by atoms with van der Waals surface area (Å²) in [5, 5.41) is 21.4. The molecule has 1 aliphatic rings. The van der Waals surface area contributed by atoms with Gasteiger partial charge in [0.05, 0.1) is 11.9 Å². The molecule has 0 radical (unpaired) electrons. The molecule has 5 nitrogen and oxygen atoms in total. The molecule has 1 aliphatic carbocycles. The maximum absolute atomic E-state index is 13.3. The zero-order chi connectivity index (χ0) is 19.0. The zero-order valence-electron chi connectivity index (χ0n) is 14.8. The summed E-state index contributed by atoms with van der Waals surface area (Å²) in [6, 6.07) is 11.9. The largest absolute Gasteiger partial charge is 0.391 e. The second-order valence-electron chi connectivity index (χ2n) is 6.60. The Morgan fingerprint density at radius 1 is 1.22 bits per heavy atom. The van der Waals surface area contributed by atoms with E-state index in [1.165, 1.54) is 18.3 Å². The molecule has 1 saturated carbocycles. The second-order valence-corrected chi connectivity index (χ2v) is 6.60. The Morgan fingerprint density at radius 3 is 2.56 bits per heavy atom. The number of imidazole rings is 1. The van der Waals surface area contributed by atoms with Crippen LogP contribution in [0.2, 0.25) is 0 Å². The van der Waals surface area contributed by atoms with Crippen LogP contribution in [0.1, 0.15) is 29.7 Å². The van der Waals surface area contributed by atoms with Crippen LogP contribution in [-0.2, 0) is 0 Å². The number of hydrogen-bond donors (Lipinski definition) is 2. The van der Waals surface area contributed by atoms with Crippen molar-refractivity contribution in [3.05, 3.63) is 77.1 Å². The molecule has 0 atom stereocenters. The molecule has 0 unspecified atom stereocenters. The topological polar surface area (TPSA) is 77.0 Å². The number of benzene rings is 1. The van der Waals surface area contributed by atoms with Crippen molar-refractivity contribution in [1.29, 1.82) is 10.7 Å². The number of nitriles is 1. The Kier molecular flexibility index (Phi) is 4.21. The first-order chi connectivity index (χ1) is 13.1. The van der Waals surface area contributed by atoms with Crippen LogP contribution >= 0.6 is 0 Å². The average molecular weight is 359 g/mol. The molecular weight excluding hydrogens is 341 g/mol. The van der Waals surface area contributed by atoms with Crippen molar-refractivity contribution in [2.75, 3.05) is 7.05 Å². The predicted molar refractivity (Wildman–Crippen MR) is 102 cm³/mol. The normalized spacial score (nSPS) is 14.6. The third kappa shape index (κ3) is 3.08. The highest BCUT2D eigenvalue weighted by Crippen LogP contribution is 2.39. The molecule has 2 aromatic heterocycles. The van der Waals surface area contributed by atoms with Gasteiger partial charge in [-0.1, -0.05) is 0 Å². The second kappa shape index (κ2) is 6.69. The van der Waals surface area contributed by atoms with Crippen LogP contribution in [0.25, 0.3) is 11.2 Å². The summed E-state index contributed by atoms with van der Waals surface area (Å²) >= 11 is 0. The molecule has 0 bridgehead atoms. The number of halogens is 1. The summed E-state index contributed by atoms with van der Waals surface area (Å²) in [6.07, 6.45) is 5.53. The number of pyridine rings is 1. The maximum atomic E-state index is 13.3. The third-order valence-corrected chi connectivity index (χ3v) is 4.82. The van der Waals surface area contributed by atoms with Gasteiger partial charge >= 0.3 is 0 Å². The van der Waals surface area contributed by atoms with Crippen molar-refractivity contribution in [3.63, 3.8) is 0 Å². The van der Waals surface area contributed by atoms with Gasteiger partial charge in [-0.3, -0.25) is 9.81 Å². The Labute approximate surface area is 156 Å². The van der Waals surface area contributed by atoms with Crippen LogP contribution in [0.5, 0.6) is 0 Å². The molecule has 4 rings (SSSR count). The standard InChI is InChI=1S/C21H18FN5/c1-25-21(14-2-3-14)19(20(24)13-4-7-16(22)8-5-13)15-6-9-18-26-11-17(10-23)27(18)12-15/h4-9,11-12,14,24-25H,2-3H2,1H3/b21-19-,24-20?. The molecule has 0 amide bonds. The van der Waals surface area contributed by atoms with E-state index < -0.39 is 0 Å². The van der Waals surface area contributed by atoms with E-state index in [0.29, 0.717) is 28.5 Å². The highest BCUT2D eigenvalue weighted by molar-refractivity contribution is 6.31. The number of nitrogens with zero attached hydrogens (tertiary/aromatic N) is 3. The minimum atomic E-state index is -0.327. The van der Waals surface area contributed by atoms with E-state index in [9.17, 15) is 9.65 Å². The number of rotatable bonds is 5. The van der Waals surface area contributed by atoms with Crippen molar-refractivity contribution < 1.29 is 4.39 Å². The van der Waals surface area contributed by atoms with Gasteiger partial charge in [-0.25, -0.2) is 9.37 Å². The maximum Gasteiger partial charge on any atom is 0.144 e. The number of hydrogen-bond acceptors (Lipinski definition) is 4. The monoisotopic (exact) mass is 359 g/mol. The minimum absolute atomic E-state index is 0.323. The molecule has 0 saturated heterocycles. The SMILES string of the molecule is CN/C(=C(\C(=N)c1ccc(F)cc1)c1ccc2ncc(C#N)n2c1)C1CC1. The predicted octanol–water partition coefficient (Wildman–Crippen LogP) is 3.75. The van der Waals surface area contributed by atoms with Gasteiger partial charge in [0.25, 0.3) is 0 Å². The van der Waals surface area contributed by atoms with Crippen LogP contribution in [0.4, 0.5) is 4.39 Å². The number of aromatic nitrogens is 2. The van der Waals surface area contributed by atoms with Crippen molar-refractivity contribution in [1.82, 2.24) is 14.7 Å². The van der Waals surface area contributed by atoms with E-state index in [1.807, 2.05) is 25.4 Å². The van der Waals surface area contributed by atoms with Gasteiger partial charge < -0.3 is 5.32 Å². The van der Waals surface area contributed by atoms with Gasteiger partial charge in [-0.15, -0.1) is 0 Å². The van der Waals surface area contributed by atoms with Crippen LogP contribution in [0, 0.1) is 28.5 Å². The van der Waals surface area contributed by atoms with Crippen LogP contribution in [0.15, 0.2) is 54.5 Å². The fraction of sp³-hybridized carbons (Fsp3) is 0.190. The van der Waals surface area contributed by atoms with E-state index in [0.717, 1.165) is 29.7 Å². The van der Waals surface area contributed by atoms with E-state index >= 15 is 0 Å². The lowest BCUT2D eigenvalue weighted by atomic mass is 9.93. The molecule has 0 spiro atoms. The van der Waals surface area contributed by atoms with Gasteiger partial charge in [-0.2, -0.15) is 5.26 Å². The highest BCUT2D eigenvalue weighted by Gasteiger charge is 2.30. The Morgan fingerprint density at radius 2 is 1.93 bits per heavy atom. The van der Waals surface area contributed by atoms with Crippen LogP contribution in [0.3, 0.4) is 0 Å². The van der Waals surface area contributed by atoms with Crippen molar-refractivity contribution in [2.24, 2.45) is 5.92 Å². The van der Waals surface area contributed by atoms with Crippen LogP contribution in [-0.4, -0.2) is 22.1 Å². The molecule has 1 aromatic carbocycles. The Bertz CT molecular complexity index is 1100. The third-order valence-electron chi connectivity index (χ3n) is 4.82. The summed E-state index contributed by atoms with van der Waals surface area (Å²) in [5.74, 6) is 0.0614. The Balaban J connectivity index is 1.90. The number of allylic oxidation sites excluding steroid dienone is 2. The fourth-order valence-corrected chi connectivity index (χ4v) is 3.31. The highest BCUT2D eigenvalue weighted by atomic mass is 19.1. The summed E-state index contributed by atoms with van der Waals surface area (Å²) in [6.45, 7) is 0. The molecule has 0 aliphatic heterocycles. The van der Waals surface area contributed by atoms with Crippen molar-refractivity contribution >= 4 is 16.9 Å². The Hall–Kier alpha value is -3.46. The molecule has 2 heterocycles. The zero-order valence-corrected chi connectivity index (χ0v) is 14.8. The molecule has 6 heteroatoms. The van der Waals surface area contributed by atoms with E-state index in [2.05, 4.69) is 16.4 Å². The summed E-state index contributed by atoms with van der Waals surface area (Å²) in [7, 11) is 1.86. The average Bonchev–Trinajstić information content (AvgIpc) is 3.44. The summed E-state index contributed by atoms with van der Waals surface area (Å²) < 4.78 is 15.1. The molecule has 2 N–H and O–H groups in total. The smallest absolute Gasteiger partial charge is 0.144 e. The first-order valence-corrected chi connectivity index (χ1v) is 8.76. The fourth-order valence-electron chi connectivity index (χ4n) is 3.31. The van der Waals surface area contributed by atoms with Gasteiger partial charge in [-0.05, 0) is 55.2 Å². The first-order valence-electron chi connectivity index (χ1n) is 8.76. The minimum Gasteiger partial charge on any atom is -0.391 e. The number of nitrogens with one attached hydrogen (secondary N) is 2. The van der Waals surface area contributed by atoms with Crippen molar-refractivity contribution in [2.45, 2.75) is 12.8 Å². The number of fused-ring (bicyclic) bond motifs is 1. The lowest BCUT2D eigenvalue weighted by Gasteiger charge is -2.17. The lowest BCUT2D eigenvalue weighted by molar-refractivity contribution is 0.628. The van der Waals surface area contributed by atoms with E-state index in [4.69, 9.17) is 5.41 Å². The molecular formula is C21H18FN5.